The number of ether oxygens (including phenoxy) is 3. The van der Waals surface area contributed by atoms with E-state index in [4.69, 9.17) is 14.2 Å². The fraction of sp³-hybridized carbons (Fsp3) is 0.182. The summed E-state index contributed by atoms with van der Waals surface area (Å²) in [7, 11) is 4.65. The highest BCUT2D eigenvalue weighted by atomic mass is 16.5. The van der Waals surface area contributed by atoms with Gasteiger partial charge in [0.15, 0.2) is 11.5 Å². The van der Waals surface area contributed by atoms with Crippen molar-refractivity contribution >= 4 is 28.3 Å². The number of imide groups is 1. The maximum Gasteiger partial charge on any atom is 0.275 e. The summed E-state index contributed by atoms with van der Waals surface area (Å²) in [5.41, 5.74) is 3.88. The van der Waals surface area contributed by atoms with Gasteiger partial charge in [-0.05, 0) is 29.3 Å². The van der Waals surface area contributed by atoms with E-state index in [2.05, 4.69) is 15.6 Å². The summed E-state index contributed by atoms with van der Waals surface area (Å²) in [4.78, 5) is 28.3. The Labute approximate surface area is 171 Å². The lowest BCUT2D eigenvalue weighted by Crippen LogP contribution is -2.30. The molecular formula is C22H19N3O5. The number of fused-ring (bicyclic) bond motifs is 1. The number of aromatic amines is 1. The number of hydrogen-bond acceptors (Lipinski definition) is 6. The first kappa shape index (κ1) is 18.1. The van der Waals surface area contributed by atoms with Gasteiger partial charge in [0.2, 0.25) is 5.75 Å². The summed E-state index contributed by atoms with van der Waals surface area (Å²) in [6.45, 7) is 0. The second kappa shape index (κ2) is 6.55. The van der Waals surface area contributed by atoms with E-state index in [1.807, 2.05) is 30.3 Å². The van der Waals surface area contributed by atoms with Crippen LogP contribution in [0.15, 0.2) is 42.2 Å². The lowest BCUT2D eigenvalue weighted by Gasteiger charge is -2.23. The number of H-pyrrole nitrogens is 1. The van der Waals surface area contributed by atoms with Crippen molar-refractivity contribution in [3.05, 3.63) is 58.9 Å². The molecule has 0 spiro atoms. The van der Waals surface area contributed by atoms with Crippen molar-refractivity contribution in [3.8, 4) is 17.2 Å². The van der Waals surface area contributed by atoms with Crippen LogP contribution in [0.5, 0.6) is 17.2 Å². The smallest absolute Gasteiger partial charge is 0.275 e. The lowest BCUT2D eigenvalue weighted by molar-refractivity contribution is -0.123. The van der Waals surface area contributed by atoms with Gasteiger partial charge in [-0.2, -0.15) is 0 Å². The van der Waals surface area contributed by atoms with Crippen LogP contribution in [0.2, 0.25) is 0 Å². The predicted molar refractivity (Wildman–Crippen MR) is 109 cm³/mol. The van der Waals surface area contributed by atoms with Gasteiger partial charge >= 0.3 is 0 Å². The fourth-order valence-corrected chi connectivity index (χ4v) is 4.25. The Kier molecular flexibility index (Phi) is 3.95. The molecule has 152 valence electrons. The zero-order valence-corrected chi connectivity index (χ0v) is 16.6. The molecule has 8 heteroatoms. The van der Waals surface area contributed by atoms with Crippen LogP contribution >= 0.6 is 0 Å². The minimum absolute atomic E-state index is 0.246. The highest BCUT2D eigenvalue weighted by molar-refractivity contribution is 6.37. The van der Waals surface area contributed by atoms with Gasteiger partial charge < -0.3 is 24.5 Å². The van der Waals surface area contributed by atoms with E-state index < -0.39 is 17.9 Å². The molecule has 1 aromatic heterocycles. The van der Waals surface area contributed by atoms with E-state index >= 15 is 0 Å². The molecule has 3 aromatic rings. The molecule has 2 amide bonds. The van der Waals surface area contributed by atoms with Crippen molar-refractivity contribution < 1.29 is 23.8 Å². The topological polar surface area (TPSA) is 102 Å². The summed E-state index contributed by atoms with van der Waals surface area (Å²) < 4.78 is 16.5. The molecule has 8 nitrogen and oxygen atoms in total. The summed E-state index contributed by atoms with van der Waals surface area (Å²) in [6.07, 6.45) is 1.76. The second-order valence-corrected chi connectivity index (χ2v) is 7.04. The molecular weight excluding hydrogens is 386 g/mol. The van der Waals surface area contributed by atoms with Crippen LogP contribution in [0.25, 0.3) is 16.5 Å². The highest BCUT2D eigenvalue weighted by Crippen LogP contribution is 2.44. The molecule has 0 saturated carbocycles. The first-order valence-electron chi connectivity index (χ1n) is 9.34. The number of nitrogens with one attached hydrogen (secondary N) is 3. The first-order valence-corrected chi connectivity index (χ1v) is 9.34. The molecule has 0 aliphatic carbocycles. The maximum absolute atomic E-state index is 12.6. The molecule has 2 aromatic carbocycles. The van der Waals surface area contributed by atoms with Crippen LogP contribution < -0.4 is 24.8 Å². The third-order valence-electron chi connectivity index (χ3n) is 5.56. The summed E-state index contributed by atoms with van der Waals surface area (Å²) in [5.74, 6) is 0.617. The quantitative estimate of drug-likeness (QED) is 0.576. The van der Waals surface area contributed by atoms with Crippen LogP contribution in [0.3, 0.4) is 0 Å². The molecule has 2 aliphatic rings. The molecule has 0 fully saturated rings. The Balaban J connectivity index is 1.80. The van der Waals surface area contributed by atoms with Crippen LogP contribution in [-0.4, -0.2) is 38.1 Å². The van der Waals surface area contributed by atoms with Gasteiger partial charge in [-0.15, -0.1) is 0 Å². The number of carbonyl (C=O) groups is 2. The normalized spacial score (nSPS) is 17.4. The molecule has 3 N–H and O–H groups in total. The van der Waals surface area contributed by atoms with Gasteiger partial charge in [0.05, 0.1) is 32.9 Å². The Morgan fingerprint density at radius 3 is 2.33 bits per heavy atom. The SMILES string of the molecule is COc1cc(C2NC3=C(C(=O)NC3=O)c3c[nH]c4cccc2c34)cc(OC)c1OC. The molecule has 0 bridgehead atoms. The second-order valence-electron chi connectivity index (χ2n) is 7.04. The largest absolute Gasteiger partial charge is 0.493 e. The molecule has 2 aliphatic heterocycles. The van der Waals surface area contributed by atoms with Gasteiger partial charge in [0.1, 0.15) is 5.70 Å². The number of hydrogen-bond donors (Lipinski definition) is 3. The first-order chi connectivity index (χ1) is 14.6. The van der Waals surface area contributed by atoms with Crippen LogP contribution in [-0.2, 0) is 9.59 Å². The van der Waals surface area contributed by atoms with E-state index in [9.17, 15) is 9.59 Å². The van der Waals surface area contributed by atoms with Crippen molar-refractivity contribution in [2.45, 2.75) is 6.04 Å². The minimum Gasteiger partial charge on any atom is -0.493 e. The molecule has 3 heterocycles. The number of methoxy groups -OCH3 is 3. The lowest BCUT2D eigenvalue weighted by atomic mass is 9.93. The van der Waals surface area contributed by atoms with E-state index in [0.717, 1.165) is 22.0 Å². The Hall–Kier alpha value is -3.94. The Bertz CT molecular complexity index is 1230. The molecule has 0 radical (unpaired) electrons. The zero-order valence-electron chi connectivity index (χ0n) is 16.6. The van der Waals surface area contributed by atoms with Gasteiger partial charge in [0.25, 0.3) is 11.8 Å². The molecule has 30 heavy (non-hydrogen) atoms. The Morgan fingerprint density at radius 1 is 0.933 bits per heavy atom. The van der Waals surface area contributed by atoms with Gasteiger partial charge in [0, 0.05) is 22.7 Å². The number of carbonyl (C=O) groups excluding carboxylic acids is 2. The summed E-state index contributed by atoms with van der Waals surface area (Å²) in [6, 6.07) is 9.10. The van der Waals surface area contributed by atoms with Crippen molar-refractivity contribution in [1.29, 1.82) is 0 Å². The summed E-state index contributed by atoms with van der Waals surface area (Å²) >= 11 is 0. The third kappa shape index (κ3) is 2.40. The van der Waals surface area contributed by atoms with Crippen molar-refractivity contribution in [1.82, 2.24) is 15.6 Å². The fourth-order valence-electron chi connectivity index (χ4n) is 4.25. The Morgan fingerprint density at radius 2 is 1.67 bits per heavy atom. The van der Waals surface area contributed by atoms with E-state index in [1.165, 1.54) is 0 Å². The average Bonchev–Trinajstić information content (AvgIpc) is 3.25. The van der Waals surface area contributed by atoms with E-state index in [0.29, 0.717) is 28.4 Å². The minimum atomic E-state index is -0.449. The number of benzene rings is 2. The number of rotatable bonds is 4. The number of amides is 2. The van der Waals surface area contributed by atoms with E-state index in [-0.39, 0.29) is 5.70 Å². The van der Waals surface area contributed by atoms with Crippen molar-refractivity contribution in [2.24, 2.45) is 0 Å². The van der Waals surface area contributed by atoms with Crippen LogP contribution in [0.4, 0.5) is 0 Å². The molecule has 5 rings (SSSR count). The predicted octanol–water partition coefficient (Wildman–Crippen LogP) is 2.25. The van der Waals surface area contributed by atoms with Gasteiger partial charge in [-0.25, -0.2) is 0 Å². The highest BCUT2D eigenvalue weighted by Gasteiger charge is 2.38. The van der Waals surface area contributed by atoms with Crippen LogP contribution in [0.1, 0.15) is 22.7 Å². The van der Waals surface area contributed by atoms with Gasteiger partial charge in [-0.1, -0.05) is 12.1 Å². The molecule has 0 saturated heterocycles. The monoisotopic (exact) mass is 405 g/mol. The van der Waals surface area contributed by atoms with Crippen LogP contribution in [0, 0.1) is 0 Å². The molecule has 1 atom stereocenters. The van der Waals surface area contributed by atoms with E-state index in [1.54, 1.807) is 27.5 Å². The summed E-state index contributed by atoms with van der Waals surface area (Å²) in [5, 5.41) is 6.56. The molecule has 1 unspecified atom stereocenters. The van der Waals surface area contributed by atoms with Gasteiger partial charge in [-0.3, -0.25) is 14.9 Å². The average molecular weight is 405 g/mol. The standard InChI is InChI=1S/C22H19N3O5/c1-28-14-7-10(8-15(29-2)20(14)30-3)18-11-5-4-6-13-16(11)12(9-23-13)17-19(24-18)22(27)25-21(17)26/h4-9,18,23-24H,1-3H3,(H,25,26,27). The third-order valence-corrected chi connectivity index (χ3v) is 5.56. The van der Waals surface area contributed by atoms with Crippen molar-refractivity contribution in [3.63, 3.8) is 0 Å². The zero-order chi connectivity index (χ0) is 21.0. The van der Waals surface area contributed by atoms with Crippen molar-refractivity contribution in [2.75, 3.05) is 21.3 Å². The maximum atomic E-state index is 12.6. The number of aromatic nitrogens is 1.